The molecule has 0 aromatic rings. The van der Waals surface area contributed by atoms with Gasteiger partial charge in [0.05, 0.1) is 0 Å². The first-order valence-electron chi connectivity index (χ1n) is 3.39. The Morgan fingerprint density at radius 1 is 1.67 bits per heavy atom. The predicted octanol–water partition coefficient (Wildman–Crippen LogP) is 1.92. The molecule has 0 aromatic carbocycles. The zero-order chi connectivity index (χ0) is 7.11. The van der Waals surface area contributed by atoms with E-state index < -0.39 is 0 Å². The van der Waals surface area contributed by atoms with Gasteiger partial charge < -0.3 is 4.79 Å². The second-order valence-electron chi connectivity index (χ2n) is 2.20. The molecule has 0 aromatic heterocycles. The molecule has 0 aliphatic rings. The first kappa shape index (κ1) is 9.02. The van der Waals surface area contributed by atoms with Gasteiger partial charge in [-0.15, -0.1) is 0 Å². The van der Waals surface area contributed by atoms with Gasteiger partial charge in [-0.3, -0.25) is 0 Å². The second kappa shape index (κ2) is 6.14. The summed E-state index contributed by atoms with van der Waals surface area (Å²) in [5.41, 5.74) is 0. The molecule has 0 rings (SSSR count). The summed E-state index contributed by atoms with van der Waals surface area (Å²) in [5, 5.41) is 0. The molecule has 1 atom stereocenters. The molecule has 0 saturated carbocycles. The van der Waals surface area contributed by atoms with Crippen molar-refractivity contribution in [2.75, 3.05) is 5.75 Å². The minimum Gasteiger partial charge on any atom is -0.303 e. The molecule has 0 bridgehead atoms. The Hall–Kier alpha value is 0.0200. The van der Waals surface area contributed by atoms with Gasteiger partial charge in [-0.1, -0.05) is 13.3 Å². The van der Waals surface area contributed by atoms with Gasteiger partial charge in [0.1, 0.15) is 6.29 Å². The summed E-state index contributed by atoms with van der Waals surface area (Å²) < 4.78 is 0. The largest absolute Gasteiger partial charge is 0.303 e. The van der Waals surface area contributed by atoms with E-state index in [1.807, 2.05) is 0 Å². The summed E-state index contributed by atoms with van der Waals surface area (Å²) in [5.74, 6) is 1.54. The van der Waals surface area contributed by atoms with E-state index in [0.717, 1.165) is 24.9 Å². The van der Waals surface area contributed by atoms with E-state index in [-0.39, 0.29) is 0 Å². The maximum absolute atomic E-state index is 9.92. The van der Waals surface area contributed by atoms with Crippen LogP contribution < -0.4 is 0 Å². The van der Waals surface area contributed by atoms with Gasteiger partial charge in [0.2, 0.25) is 0 Å². The van der Waals surface area contributed by atoms with Crippen molar-refractivity contribution in [2.24, 2.45) is 5.92 Å². The molecule has 0 heterocycles. The van der Waals surface area contributed by atoms with Crippen LogP contribution in [0.2, 0.25) is 0 Å². The summed E-state index contributed by atoms with van der Waals surface area (Å²) in [6.45, 7) is 2.13. The molecule has 0 fully saturated rings. The van der Waals surface area contributed by atoms with Gasteiger partial charge in [0.25, 0.3) is 0 Å². The van der Waals surface area contributed by atoms with Gasteiger partial charge >= 0.3 is 0 Å². The highest BCUT2D eigenvalue weighted by Gasteiger charge is 2.01. The molecule has 2 heteroatoms. The van der Waals surface area contributed by atoms with Gasteiger partial charge in [-0.2, -0.15) is 12.6 Å². The lowest BCUT2D eigenvalue weighted by Gasteiger charge is -2.07. The van der Waals surface area contributed by atoms with Crippen LogP contribution in [-0.2, 0) is 4.79 Å². The first-order chi connectivity index (χ1) is 4.35. The number of aldehydes is 1. The summed E-state index contributed by atoms with van der Waals surface area (Å²) in [6, 6.07) is 0. The van der Waals surface area contributed by atoms with Crippen molar-refractivity contribution in [3.05, 3.63) is 0 Å². The number of rotatable bonds is 5. The average molecular weight is 146 g/mol. The molecule has 1 unspecified atom stereocenters. The third kappa shape index (κ3) is 4.52. The van der Waals surface area contributed by atoms with E-state index >= 15 is 0 Å². The molecule has 0 saturated heterocycles. The molecule has 0 aliphatic heterocycles. The van der Waals surface area contributed by atoms with Crippen LogP contribution in [0.25, 0.3) is 0 Å². The Morgan fingerprint density at radius 3 is 2.67 bits per heavy atom. The molecule has 54 valence electrons. The number of carbonyl (C=O) groups is 1. The average Bonchev–Trinajstić information content (AvgIpc) is 1.91. The van der Waals surface area contributed by atoms with Crippen molar-refractivity contribution < 1.29 is 4.79 Å². The van der Waals surface area contributed by atoms with Crippen LogP contribution in [0.4, 0.5) is 0 Å². The highest BCUT2D eigenvalue weighted by atomic mass is 32.1. The van der Waals surface area contributed by atoms with Gasteiger partial charge in [-0.05, 0) is 18.1 Å². The van der Waals surface area contributed by atoms with Crippen LogP contribution >= 0.6 is 12.6 Å². The summed E-state index contributed by atoms with van der Waals surface area (Å²) >= 11 is 4.15. The Morgan fingerprint density at radius 2 is 2.33 bits per heavy atom. The van der Waals surface area contributed by atoms with E-state index in [2.05, 4.69) is 19.6 Å². The first-order valence-corrected chi connectivity index (χ1v) is 4.02. The van der Waals surface area contributed by atoms with Crippen molar-refractivity contribution in [1.29, 1.82) is 0 Å². The van der Waals surface area contributed by atoms with Crippen LogP contribution in [0.3, 0.4) is 0 Å². The minimum absolute atomic E-state index is 0.638. The van der Waals surface area contributed by atoms with Gasteiger partial charge in [-0.25, -0.2) is 0 Å². The fraction of sp³-hybridized carbons (Fsp3) is 0.857. The predicted molar refractivity (Wildman–Crippen MR) is 42.9 cm³/mol. The number of thiol groups is 1. The standard InChI is InChI=1S/C7H14OS/c1-2-7(6-9)4-3-5-8/h5,7,9H,2-4,6H2,1H3. The van der Waals surface area contributed by atoms with Crippen LogP contribution in [0.5, 0.6) is 0 Å². The minimum atomic E-state index is 0.638. The zero-order valence-corrected chi connectivity index (χ0v) is 6.73. The highest BCUT2D eigenvalue weighted by molar-refractivity contribution is 7.80. The van der Waals surface area contributed by atoms with Crippen molar-refractivity contribution in [3.8, 4) is 0 Å². The molecule has 1 nitrogen and oxygen atoms in total. The number of carbonyl (C=O) groups excluding carboxylic acids is 1. The quantitative estimate of drug-likeness (QED) is 0.463. The monoisotopic (exact) mass is 146 g/mol. The molecular formula is C7H14OS. The maximum Gasteiger partial charge on any atom is 0.120 e. The Balaban J connectivity index is 3.19. The smallest absolute Gasteiger partial charge is 0.120 e. The van der Waals surface area contributed by atoms with E-state index in [4.69, 9.17) is 0 Å². The molecule has 0 N–H and O–H groups in total. The summed E-state index contributed by atoms with van der Waals surface area (Å²) in [4.78, 5) is 9.92. The lowest BCUT2D eigenvalue weighted by Crippen LogP contribution is -1.99. The lowest BCUT2D eigenvalue weighted by atomic mass is 10.0. The van der Waals surface area contributed by atoms with Crippen LogP contribution in [0.1, 0.15) is 26.2 Å². The number of hydrogen-bond donors (Lipinski definition) is 1. The third-order valence-corrected chi connectivity index (χ3v) is 2.04. The molecule has 0 aliphatic carbocycles. The van der Waals surface area contributed by atoms with Crippen molar-refractivity contribution in [2.45, 2.75) is 26.2 Å². The molecule has 0 radical (unpaired) electrons. The van der Waals surface area contributed by atoms with Crippen LogP contribution in [0.15, 0.2) is 0 Å². The lowest BCUT2D eigenvalue weighted by molar-refractivity contribution is -0.108. The SMILES string of the molecule is CCC(CS)CCC=O. The zero-order valence-electron chi connectivity index (χ0n) is 5.84. The summed E-state index contributed by atoms with van der Waals surface area (Å²) in [7, 11) is 0. The topological polar surface area (TPSA) is 17.1 Å². The fourth-order valence-electron chi connectivity index (χ4n) is 0.728. The fourth-order valence-corrected chi connectivity index (χ4v) is 1.17. The Kier molecular flexibility index (Phi) is 6.16. The summed E-state index contributed by atoms with van der Waals surface area (Å²) in [6.07, 6.45) is 3.81. The Bertz CT molecular complexity index is 69.3. The van der Waals surface area contributed by atoms with E-state index in [9.17, 15) is 4.79 Å². The van der Waals surface area contributed by atoms with Crippen LogP contribution in [0, 0.1) is 5.92 Å². The molecule has 0 spiro atoms. The van der Waals surface area contributed by atoms with Gasteiger partial charge in [0.15, 0.2) is 0 Å². The molecule has 9 heavy (non-hydrogen) atoms. The van der Waals surface area contributed by atoms with E-state index in [1.54, 1.807) is 0 Å². The third-order valence-electron chi connectivity index (χ3n) is 1.53. The second-order valence-corrected chi connectivity index (χ2v) is 2.57. The normalized spacial score (nSPS) is 13.1. The highest BCUT2D eigenvalue weighted by Crippen LogP contribution is 2.10. The van der Waals surface area contributed by atoms with Crippen molar-refractivity contribution in [3.63, 3.8) is 0 Å². The maximum atomic E-state index is 9.92. The Labute approximate surface area is 62.2 Å². The number of hydrogen-bond acceptors (Lipinski definition) is 2. The molecular weight excluding hydrogens is 132 g/mol. The van der Waals surface area contributed by atoms with E-state index in [0.29, 0.717) is 12.3 Å². The molecule has 0 amide bonds. The van der Waals surface area contributed by atoms with Crippen molar-refractivity contribution >= 4 is 18.9 Å². The van der Waals surface area contributed by atoms with Crippen molar-refractivity contribution in [1.82, 2.24) is 0 Å². The van der Waals surface area contributed by atoms with Gasteiger partial charge in [0, 0.05) is 6.42 Å². The van der Waals surface area contributed by atoms with E-state index in [1.165, 1.54) is 0 Å². The van der Waals surface area contributed by atoms with Crippen LogP contribution in [-0.4, -0.2) is 12.0 Å².